The summed E-state index contributed by atoms with van der Waals surface area (Å²) in [6.07, 6.45) is 2.15. The Morgan fingerprint density at radius 2 is 1.79 bits per heavy atom. The van der Waals surface area contributed by atoms with Crippen LogP contribution in [0.5, 0.6) is 5.75 Å². The Morgan fingerprint density at radius 1 is 1.03 bits per heavy atom. The lowest BCUT2D eigenvalue weighted by Crippen LogP contribution is -2.22. The summed E-state index contributed by atoms with van der Waals surface area (Å²) in [5, 5.41) is 5.92. The van der Waals surface area contributed by atoms with Crippen molar-refractivity contribution in [3.63, 3.8) is 0 Å². The van der Waals surface area contributed by atoms with Gasteiger partial charge < -0.3 is 4.74 Å². The maximum absolute atomic E-state index is 13.1. The topological polar surface area (TPSA) is 56.5 Å². The third kappa shape index (κ3) is 5.49. The van der Waals surface area contributed by atoms with Gasteiger partial charge >= 0.3 is 0 Å². The van der Waals surface area contributed by atoms with Crippen LogP contribution >= 0.6 is 55.1 Å². The first-order valence-corrected chi connectivity index (χ1v) is 12.3. The molecule has 0 unspecified atom stereocenters. The van der Waals surface area contributed by atoms with Crippen molar-refractivity contribution in [2.24, 2.45) is 5.10 Å². The Kier molecular flexibility index (Phi) is 7.54. The van der Waals surface area contributed by atoms with Gasteiger partial charge in [-0.3, -0.25) is 4.79 Å². The number of benzene rings is 3. The van der Waals surface area contributed by atoms with Gasteiger partial charge in [0.2, 0.25) is 0 Å². The van der Waals surface area contributed by atoms with Gasteiger partial charge in [0.1, 0.15) is 18.2 Å². The van der Waals surface area contributed by atoms with Crippen LogP contribution in [0.2, 0.25) is 10.0 Å². The van der Waals surface area contributed by atoms with Gasteiger partial charge in [-0.05, 0) is 54.1 Å². The van der Waals surface area contributed by atoms with Crippen LogP contribution < -0.4 is 10.3 Å². The Labute approximate surface area is 217 Å². The number of rotatable bonds is 6. The number of halogens is 4. The van der Waals surface area contributed by atoms with E-state index < -0.39 is 0 Å². The first kappa shape index (κ1) is 24.0. The van der Waals surface area contributed by atoms with Crippen molar-refractivity contribution in [3.8, 4) is 5.75 Å². The van der Waals surface area contributed by atoms with Crippen molar-refractivity contribution in [2.75, 3.05) is 0 Å². The molecular weight excluding hydrogens is 593 g/mol. The molecule has 0 aliphatic carbocycles. The Balaban J connectivity index is 1.69. The molecule has 0 bridgehead atoms. The van der Waals surface area contributed by atoms with Gasteiger partial charge in [0.05, 0.1) is 27.2 Å². The van der Waals surface area contributed by atoms with Crippen molar-refractivity contribution >= 4 is 72.2 Å². The van der Waals surface area contributed by atoms with Crippen molar-refractivity contribution in [1.29, 1.82) is 0 Å². The molecule has 1 aromatic heterocycles. The van der Waals surface area contributed by atoms with Gasteiger partial charge in [0, 0.05) is 20.9 Å². The molecule has 0 N–H and O–H groups in total. The number of aromatic nitrogens is 2. The standard InChI is InChI=1S/C24H17Br2Cl2N3O2/c1-2-23-30-21-7-4-17(26)11-18(21)24(32)31(23)29-12-15-10-16(25)5-8-22(15)33-13-14-3-6-19(27)20(28)9-14/h3-12H,2,13H2,1H3. The normalized spacial score (nSPS) is 11.4. The summed E-state index contributed by atoms with van der Waals surface area (Å²) >= 11 is 19.0. The molecule has 1 heterocycles. The van der Waals surface area contributed by atoms with E-state index in [4.69, 9.17) is 27.9 Å². The smallest absolute Gasteiger partial charge is 0.282 e. The molecule has 33 heavy (non-hydrogen) atoms. The largest absolute Gasteiger partial charge is 0.488 e. The lowest BCUT2D eigenvalue weighted by Gasteiger charge is -2.11. The maximum Gasteiger partial charge on any atom is 0.282 e. The highest BCUT2D eigenvalue weighted by Crippen LogP contribution is 2.26. The summed E-state index contributed by atoms with van der Waals surface area (Å²) in [4.78, 5) is 17.7. The van der Waals surface area contributed by atoms with Gasteiger partial charge in [-0.15, -0.1) is 0 Å². The lowest BCUT2D eigenvalue weighted by atomic mass is 10.2. The highest BCUT2D eigenvalue weighted by Gasteiger charge is 2.11. The summed E-state index contributed by atoms with van der Waals surface area (Å²) in [5.74, 6) is 1.18. The molecule has 0 radical (unpaired) electrons. The van der Waals surface area contributed by atoms with Gasteiger partial charge in [0.25, 0.3) is 5.56 Å². The van der Waals surface area contributed by atoms with Crippen molar-refractivity contribution in [1.82, 2.24) is 9.66 Å². The minimum atomic E-state index is -0.234. The van der Waals surface area contributed by atoms with E-state index in [0.29, 0.717) is 51.1 Å². The zero-order valence-corrected chi connectivity index (χ0v) is 22.0. The van der Waals surface area contributed by atoms with E-state index in [2.05, 4.69) is 41.9 Å². The Morgan fingerprint density at radius 3 is 2.55 bits per heavy atom. The molecule has 0 saturated carbocycles. The molecule has 0 saturated heterocycles. The van der Waals surface area contributed by atoms with Crippen LogP contribution in [0.1, 0.15) is 23.9 Å². The van der Waals surface area contributed by atoms with E-state index in [-0.39, 0.29) is 5.56 Å². The van der Waals surface area contributed by atoms with Gasteiger partial charge in [-0.1, -0.05) is 68.1 Å². The molecule has 0 atom stereocenters. The summed E-state index contributed by atoms with van der Waals surface area (Å²) in [6, 6.07) is 16.4. The second-order valence-electron chi connectivity index (χ2n) is 7.12. The quantitative estimate of drug-likeness (QED) is 0.216. The molecule has 0 amide bonds. The van der Waals surface area contributed by atoms with Crippen LogP contribution in [0, 0.1) is 0 Å². The van der Waals surface area contributed by atoms with E-state index in [9.17, 15) is 4.79 Å². The molecular formula is C24H17Br2Cl2N3O2. The molecule has 0 fully saturated rings. The molecule has 3 aromatic carbocycles. The zero-order chi connectivity index (χ0) is 23.5. The number of fused-ring (bicyclic) bond motifs is 1. The zero-order valence-electron chi connectivity index (χ0n) is 17.4. The number of nitrogens with zero attached hydrogens (tertiary/aromatic N) is 3. The van der Waals surface area contributed by atoms with Crippen LogP contribution in [0.3, 0.4) is 0 Å². The van der Waals surface area contributed by atoms with E-state index >= 15 is 0 Å². The SMILES string of the molecule is CCc1nc2ccc(Br)cc2c(=O)n1N=Cc1cc(Br)ccc1OCc1ccc(Cl)c(Cl)c1. The van der Waals surface area contributed by atoms with Crippen LogP contribution in [0.25, 0.3) is 10.9 Å². The first-order chi connectivity index (χ1) is 15.9. The number of aryl methyl sites for hydroxylation is 1. The molecule has 168 valence electrons. The summed E-state index contributed by atoms with van der Waals surface area (Å²) in [5.41, 5.74) is 1.99. The number of ether oxygens (including phenoxy) is 1. The predicted octanol–water partition coefficient (Wildman–Crippen LogP) is 7.25. The van der Waals surface area contributed by atoms with E-state index in [1.807, 2.05) is 43.3 Å². The molecule has 9 heteroatoms. The Hall–Kier alpha value is -2.19. The highest BCUT2D eigenvalue weighted by molar-refractivity contribution is 9.10. The minimum absolute atomic E-state index is 0.234. The van der Waals surface area contributed by atoms with Crippen LogP contribution in [-0.4, -0.2) is 15.9 Å². The highest BCUT2D eigenvalue weighted by atomic mass is 79.9. The summed E-state index contributed by atoms with van der Waals surface area (Å²) < 4.78 is 9.00. The molecule has 4 rings (SSSR count). The fourth-order valence-corrected chi connectivity index (χ4v) is 4.27. The minimum Gasteiger partial charge on any atom is -0.488 e. The predicted molar refractivity (Wildman–Crippen MR) is 141 cm³/mol. The lowest BCUT2D eigenvalue weighted by molar-refractivity contribution is 0.305. The fraction of sp³-hybridized carbons (Fsp3) is 0.125. The fourth-order valence-electron chi connectivity index (χ4n) is 3.20. The van der Waals surface area contributed by atoms with Gasteiger partial charge in [-0.2, -0.15) is 9.78 Å². The van der Waals surface area contributed by atoms with Crippen LogP contribution in [0.4, 0.5) is 0 Å². The van der Waals surface area contributed by atoms with Crippen molar-refractivity contribution in [2.45, 2.75) is 20.0 Å². The average Bonchev–Trinajstić information content (AvgIpc) is 2.80. The molecule has 0 aliphatic rings. The molecule has 4 aromatic rings. The number of hydrogen-bond donors (Lipinski definition) is 0. The van der Waals surface area contributed by atoms with Crippen molar-refractivity contribution in [3.05, 3.63) is 101 Å². The molecule has 5 nitrogen and oxygen atoms in total. The average molecular weight is 610 g/mol. The summed E-state index contributed by atoms with van der Waals surface area (Å²) in [7, 11) is 0. The second kappa shape index (κ2) is 10.4. The third-order valence-electron chi connectivity index (χ3n) is 4.85. The first-order valence-electron chi connectivity index (χ1n) is 9.97. The van der Waals surface area contributed by atoms with Gasteiger partial charge in [0.15, 0.2) is 0 Å². The molecule has 0 aliphatic heterocycles. The van der Waals surface area contributed by atoms with Crippen LogP contribution in [0.15, 0.2) is 73.4 Å². The van der Waals surface area contributed by atoms with E-state index in [1.165, 1.54) is 4.68 Å². The van der Waals surface area contributed by atoms with Gasteiger partial charge in [-0.25, -0.2) is 4.98 Å². The second-order valence-corrected chi connectivity index (χ2v) is 9.77. The van der Waals surface area contributed by atoms with Crippen molar-refractivity contribution < 1.29 is 4.74 Å². The van der Waals surface area contributed by atoms with E-state index in [1.54, 1.807) is 24.4 Å². The maximum atomic E-state index is 13.1. The summed E-state index contributed by atoms with van der Waals surface area (Å²) in [6.45, 7) is 2.23. The Bertz CT molecular complexity index is 1440. The van der Waals surface area contributed by atoms with Crippen LogP contribution in [-0.2, 0) is 13.0 Å². The third-order valence-corrected chi connectivity index (χ3v) is 6.58. The van der Waals surface area contributed by atoms with E-state index in [0.717, 1.165) is 14.5 Å². The monoisotopic (exact) mass is 607 g/mol. The number of hydrogen-bond acceptors (Lipinski definition) is 4. The molecule has 0 spiro atoms.